The van der Waals surface area contributed by atoms with Gasteiger partial charge >= 0.3 is 6.18 Å². The van der Waals surface area contributed by atoms with Crippen LogP contribution in [0.3, 0.4) is 0 Å². The zero-order valence-electron chi connectivity index (χ0n) is 14.4. The van der Waals surface area contributed by atoms with Crippen molar-refractivity contribution in [3.63, 3.8) is 0 Å². The zero-order chi connectivity index (χ0) is 19.4. The summed E-state index contributed by atoms with van der Waals surface area (Å²) in [5.41, 5.74) is 0.0582. The van der Waals surface area contributed by atoms with Crippen molar-refractivity contribution in [2.75, 3.05) is 31.1 Å². The van der Waals surface area contributed by atoms with Crippen molar-refractivity contribution >= 4 is 17.7 Å². The van der Waals surface area contributed by atoms with Crippen molar-refractivity contribution < 1.29 is 22.4 Å². The van der Waals surface area contributed by atoms with Crippen LogP contribution in [0.2, 0.25) is 0 Å². The second-order valence-electron chi connectivity index (χ2n) is 6.22. The molecular weight excluding hydrogens is 360 g/mol. The summed E-state index contributed by atoms with van der Waals surface area (Å²) >= 11 is 0. The molecular formula is C20H18F4N2O. The lowest BCUT2D eigenvalue weighted by molar-refractivity contribution is -0.137. The number of para-hydroxylation sites is 1. The van der Waals surface area contributed by atoms with Crippen LogP contribution in [0.15, 0.2) is 54.6 Å². The normalized spacial score (nSPS) is 15.4. The van der Waals surface area contributed by atoms with Crippen LogP contribution < -0.4 is 4.90 Å². The molecule has 7 heteroatoms. The molecule has 0 bridgehead atoms. The summed E-state index contributed by atoms with van der Waals surface area (Å²) in [7, 11) is 0. The molecule has 0 N–H and O–H groups in total. The molecule has 27 heavy (non-hydrogen) atoms. The molecule has 3 rings (SSSR count). The molecule has 0 aromatic heterocycles. The molecule has 1 saturated heterocycles. The first-order chi connectivity index (χ1) is 12.8. The maximum atomic E-state index is 13.8. The standard InChI is InChI=1S/C20H18F4N2O/c21-17-6-1-2-7-18(17)25-10-12-26(13-11-25)19(27)9-8-15-4-3-5-16(14-15)20(22,23)24/h1-9,14H,10-13H2. The number of anilines is 1. The molecule has 0 unspecified atom stereocenters. The third-order valence-corrected chi connectivity index (χ3v) is 4.42. The highest BCUT2D eigenvalue weighted by Gasteiger charge is 2.30. The second kappa shape index (κ2) is 7.82. The number of alkyl halides is 3. The Morgan fingerprint density at radius 3 is 2.33 bits per heavy atom. The molecule has 0 radical (unpaired) electrons. The van der Waals surface area contributed by atoms with Crippen molar-refractivity contribution in [1.29, 1.82) is 0 Å². The highest BCUT2D eigenvalue weighted by molar-refractivity contribution is 5.92. The molecule has 1 aliphatic rings. The van der Waals surface area contributed by atoms with Gasteiger partial charge in [0.2, 0.25) is 5.91 Å². The van der Waals surface area contributed by atoms with Gasteiger partial charge in [-0.15, -0.1) is 0 Å². The summed E-state index contributed by atoms with van der Waals surface area (Å²) in [6.45, 7) is 1.81. The molecule has 0 spiro atoms. The first-order valence-electron chi connectivity index (χ1n) is 8.48. The van der Waals surface area contributed by atoms with E-state index in [1.54, 1.807) is 23.1 Å². The van der Waals surface area contributed by atoms with Gasteiger partial charge in [0.05, 0.1) is 11.3 Å². The fraction of sp³-hybridized carbons (Fsp3) is 0.250. The van der Waals surface area contributed by atoms with E-state index in [4.69, 9.17) is 0 Å². The van der Waals surface area contributed by atoms with E-state index in [1.165, 1.54) is 30.4 Å². The summed E-state index contributed by atoms with van der Waals surface area (Å²) in [5, 5.41) is 0. The van der Waals surface area contributed by atoms with E-state index in [-0.39, 0.29) is 11.7 Å². The maximum Gasteiger partial charge on any atom is 0.416 e. The van der Waals surface area contributed by atoms with Crippen molar-refractivity contribution in [3.8, 4) is 0 Å². The summed E-state index contributed by atoms with van der Waals surface area (Å²) < 4.78 is 52.0. The van der Waals surface area contributed by atoms with E-state index >= 15 is 0 Å². The largest absolute Gasteiger partial charge is 0.416 e. The van der Waals surface area contributed by atoms with Crippen LogP contribution in [0.5, 0.6) is 0 Å². The first kappa shape index (κ1) is 18.9. The van der Waals surface area contributed by atoms with E-state index in [0.717, 1.165) is 12.1 Å². The Labute approximate surface area is 154 Å². The second-order valence-corrected chi connectivity index (χ2v) is 6.22. The van der Waals surface area contributed by atoms with Crippen molar-refractivity contribution in [3.05, 3.63) is 71.6 Å². The van der Waals surface area contributed by atoms with Gasteiger partial charge in [0.25, 0.3) is 0 Å². The topological polar surface area (TPSA) is 23.6 Å². The molecule has 1 fully saturated rings. The lowest BCUT2D eigenvalue weighted by atomic mass is 10.1. The number of nitrogens with zero attached hydrogens (tertiary/aromatic N) is 2. The van der Waals surface area contributed by atoms with Crippen LogP contribution in [-0.4, -0.2) is 37.0 Å². The highest BCUT2D eigenvalue weighted by Crippen LogP contribution is 2.29. The fourth-order valence-electron chi connectivity index (χ4n) is 2.97. The Bertz CT molecular complexity index is 840. The maximum absolute atomic E-state index is 13.8. The number of piperazine rings is 1. The Morgan fingerprint density at radius 1 is 0.963 bits per heavy atom. The van der Waals surface area contributed by atoms with Gasteiger partial charge in [-0.3, -0.25) is 4.79 Å². The van der Waals surface area contributed by atoms with Crippen LogP contribution in [0, 0.1) is 5.82 Å². The SMILES string of the molecule is O=C(C=Cc1cccc(C(F)(F)F)c1)N1CCN(c2ccccc2F)CC1. The summed E-state index contributed by atoms with van der Waals surface area (Å²) in [4.78, 5) is 15.8. The fourth-order valence-corrected chi connectivity index (χ4v) is 2.97. The average molecular weight is 378 g/mol. The van der Waals surface area contributed by atoms with Crippen LogP contribution in [0.1, 0.15) is 11.1 Å². The van der Waals surface area contributed by atoms with Gasteiger partial charge in [-0.25, -0.2) is 4.39 Å². The van der Waals surface area contributed by atoms with Crippen LogP contribution in [0.4, 0.5) is 23.2 Å². The van der Waals surface area contributed by atoms with Crippen LogP contribution in [0.25, 0.3) is 6.08 Å². The van der Waals surface area contributed by atoms with E-state index in [9.17, 15) is 22.4 Å². The number of hydrogen-bond donors (Lipinski definition) is 0. The quantitative estimate of drug-likeness (QED) is 0.590. The van der Waals surface area contributed by atoms with E-state index in [0.29, 0.717) is 37.4 Å². The van der Waals surface area contributed by atoms with Crippen molar-refractivity contribution in [2.24, 2.45) is 0 Å². The van der Waals surface area contributed by atoms with Gasteiger partial charge < -0.3 is 9.80 Å². The number of halogens is 4. The summed E-state index contributed by atoms with van der Waals surface area (Å²) in [6, 6.07) is 11.3. The van der Waals surface area contributed by atoms with Gasteiger partial charge in [-0.1, -0.05) is 24.3 Å². The lowest BCUT2D eigenvalue weighted by Gasteiger charge is -2.35. The molecule has 142 valence electrons. The van der Waals surface area contributed by atoms with E-state index in [1.807, 2.05) is 4.90 Å². The van der Waals surface area contributed by atoms with E-state index < -0.39 is 11.7 Å². The lowest BCUT2D eigenvalue weighted by Crippen LogP contribution is -2.48. The minimum absolute atomic E-state index is 0.277. The Hall–Kier alpha value is -2.83. The highest BCUT2D eigenvalue weighted by atomic mass is 19.4. The van der Waals surface area contributed by atoms with Gasteiger partial charge in [0, 0.05) is 32.3 Å². The third-order valence-electron chi connectivity index (χ3n) is 4.42. The van der Waals surface area contributed by atoms with Crippen molar-refractivity contribution in [2.45, 2.75) is 6.18 Å². The Morgan fingerprint density at radius 2 is 1.67 bits per heavy atom. The van der Waals surface area contributed by atoms with Gasteiger partial charge in [-0.2, -0.15) is 13.2 Å². The van der Waals surface area contributed by atoms with Gasteiger partial charge in [0.15, 0.2) is 0 Å². The van der Waals surface area contributed by atoms with Crippen LogP contribution >= 0.6 is 0 Å². The zero-order valence-corrected chi connectivity index (χ0v) is 14.4. The first-order valence-corrected chi connectivity index (χ1v) is 8.48. The molecule has 0 saturated carbocycles. The molecule has 2 aromatic rings. The minimum atomic E-state index is -4.42. The number of carbonyl (C=O) groups excluding carboxylic acids is 1. The smallest absolute Gasteiger partial charge is 0.366 e. The van der Waals surface area contributed by atoms with Gasteiger partial charge in [0.1, 0.15) is 5.82 Å². The monoisotopic (exact) mass is 378 g/mol. The predicted molar refractivity (Wildman–Crippen MR) is 95.7 cm³/mol. The van der Waals surface area contributed by atoms with Gasteiger partial charge in [-0.05, 0) is 35.9 Å². The number of amides is 1. The molecule has 1 aliphatic heterocycles. The average Bonchev–Trinajstić information content (AvgIpc) is 2.66. The summed E-state index contributed by atoms with van der Waals surface area (Å²) in [5.74, 6) is -0.581. The minimum Gasteiger partial charge on any atom is -0.366 e. The molecule has 3 nitrogen and oxygen atoms in total. The molecule has 0 atom stereocenters. The predicted octanol–water partition coefficient (Wildman–Crippen LogP) is 4.21. The Balaban J connectivity index is 1.60. The third kappa shape index (κ3) is 4.67. The molecule has 1 amide bonds. The number of hydrogen-bond acceptors (Lipinski definition) is 2. The number of rotatable bonds is 3. The molecule has 2 aromatic carbocycles. The number of carbonyl (C=O) groups is 1. The Kier molecular flexibility index (Phi) is 5.48. The van der Waals surface area contributed by atoms with Crippen LogP contribution in [-0.2, 0) is 11.0 Å². The summed E-state index contributed by atoms with van der Waals surface area (Å²) in [6.07, 6.45) is -1.77. The molecule has 0 aliphatic carbocycles. The van der Waals surface area contributed by atoms with Crippen molar-refractivity contribution in [1.82, 2.24) is 4.90 Å². The number of benzene rings is 2. The van der Waals surface area contributed by atoms with E-state index in [2.05, 4.69) is 0 Å². The molecule has 1 heterocycles.